The average molecular weight is 389 g/mol. The number of hydrogen-bond donors (Lipinski definition) is 2. The maximum atomic E-state index is 13.0. The standard InChI is InChI=1S/C22H32N2O4/c1-14-10-11-15(2)19(16(14)3)28-13-18(25)12-24-20(26)22(4,23-21(24)27)17-8-6-5-7-9-17/h10-11,17-18,25H,5-9,12-13H2,1-4H3,(H,23,27). The van der Waals surface area contributed by atoms with E-state index in [4.69, 9.17) is 4.74 Å². The van der Waals surface area contributed by atoms with Gasteiger partial charge in [0.05, 0.1) is 6.54 Å². The maximum absolute atomic E-state index is 13.0. The number of nitrogens with one attached hydrogen (secondary N) is 1. The van der Waals surface area contributed by atoms with Crippen molar-refractivity contribution in [1.29, 1.82) is 0 Å². The Labute approximate surface area is 167 Å². The Hall–Kier alpha value is -2.08. The molecular weight excluding hydrogens is 356 g/mol. The first-order valence-electron chi connectivity index (χ1n) is 10.3. The van der Waals surface area contributed by atoms with Crippen LogP contribution < -0.4 is 10.1 Å². The van der Waals surface area contributed by atoms with E-state index in [2.05, 4.69) is 5.32 Å². The Morgan fingerprint density at radius 2 is 1.82 bits per heavy atom. The number of rotatable bonds is 6. The van der Waals surface area contributed by atoms with Crippen LogP contribution in [0.15, 0.2) is 12.1 Å². The number of aliphatic hydroxyl groups is 1. The summed E-state index contributed by atoms with van der Waals surface area (Å²) in [4.78, 5) is 26.6. The van der Waals surface area contributed by atoms with E-state index in [0.29, 0.717) is 0 Å². The highest BCUT2D eigenvalue weighted by Gasteiger charge is 2.52. The summed E-state index contributed by atoms with van der Waals surface area (Å²) >= 11 is 0. The third kappa shape index (κ3) is 3.88. The van der Waals surface area contributed by atoms with Crippen molar-refractivity contribution in [2.45, 2.75) is 71.4 Å². The lowest BCUT2D eigenvalue weighted by atomic mass is 9.75. The molecule has 154 valence electrons. The van der Waals surface area contributed by atoms with Gasteiger partial charge in [-0.1, -0.05) is 31.4 Å². The number of benzene rings is 1. The number of nitrogens with zero attached hydrogens (tertiary/aromatic N) is 1. The zero-order valence-corrected chi connectivity index (χ0v) is 17.4. The minimum Gasteiger partial charge on any atom is -0.490 e. The summed E-state index contributed by atoms with van der Waals surface area (Å²) in [7, 11) is 0. The van der Waals surface area contributed by atoms with Gasteiger partial charge in [-0.3, -0.25) is 9.69 Å². The third-order valence-corrected chi connectivity index (χ3v) is 6.41. The van der Waals surface area contributed by atoms with Crippen LogP contribution in [0.2, 0.25) is 0 Å². The lowest BCUT2D eigenvalue weighted by Gasteiger charge is -2.34. The van der Waals surface area contributed by atoms with Crippen LogP contribution in [0, 0.1) is 26.7 Å². The highest BCUT2D eigenvalue weighted by atomic mass is 16.5. The van der Waals surface area contributed by atoms with Gasteiger partial charge in [-0.2, -0.15) is 0 Å². The number of imide groups is 1. The van der Waals surface area contributed by atoms with Gasteiger partial charge in [-0.15, -0.1) is 0 Å². The first kappa shape index (κ1) is 20.6. The summed E-state index contributed by atoms with van der Waals surface area (Å²) in [5.41, 5.74) is 2.29. The number of urea groups is 1. The van der Waals surface area contributed by atoms with E-state index in [9.17, 15) is 14.7 Å². The lowest BCUT2D eigenvalue weighted by Crippen LogP contribution is -2.51. The van der Waals surface area contributed by atoms with Gasteiger partial charge < -0.3 is 15.2 Å². The summed E-state index contributed by atoms with van der Waals surface area (Å²) in [5, 5.41) is 13.3. The first-order valence-corrected chi connectivity index (χ1v) is 10.3. The van der Waals surface area contributed by atoms with Crippen LogP contribution in [0.5, 0.6) is 5.75 Å². The van der Waals surface area contributed by atoms with Crippen molar-refractivity contribution in [2.75, 3.05) is 13.2 Å². The van der Waals surface area contributed by atoms with Gasteiger partial charge in [-0.05, 0) is 63.1 Å². The smallest absolute Gasteiger partial charge is 0.325 e. The Morgan fingerprint density at radius 3 is 2.50 bits per heavy atom. The Kier molecular flexibility index (Phi) is 5.98. The first-order chi connectivity index (χ1) is 13.2. The van der Waals surface area contributed by atoms with Gasteiger partial charge in [0, 0.05) is 0 Å². The molecule has 28 heavy (non-hydrogen) atoms. The molecule has 1 saturated carbocycles. The number of carbonyl (C=O) groups is 2. The Morgan fingerprint density at radius 1 is 1.18 bits per heavy atom. The highest BCUT2D eigenvalue weighted by molar-refractivity contribution is 6.07. The van der Waals surface area contributed by atoms with Crippen molar-refractivity contribution in [3.63, 3.8) is 0 Å². The van der Waals surface area contributed by atoms with Gasteiger partial charge in [0.15, 0.2) is 0 Å². The molecule has 1 aliphatic heterocycles. The van der Waals surface area contributed by atoms with E-state index in [1.54, 1.807) is 0 Å². The van der Waals surface area contributed by atoms with E-state index >= 15 is 0 Å². The quantitative estimate of drug-likeness (QED) is 0.734. The number of aliphatic hydroxyl groups excluding tert-OH is 1. The van der Waals surface area contributed by atoms with E-state index < -0.39 is 17.7 Å². The van der Waals surface area contributed by atoms with Crippen molar-refractivity contribution in [1.82, 2.24) is 10.2 Å². The third-order valence-electron chi connectivity index (χ3n) is 6.41. The number of carbonyl (C=O) groups excluding carboxylic acids is 2. The predicted molar refractivity (Wildman–Crippen MR) is 107 cm³/mol. The number of ether oxygens (including phenoxy) is 1. The molecule has 2 atom stereocenters. The van der Waals surface area contributed by atoms with Gasteiger partial charge in [-0.25, -0.2) is 4.79 Å². The Bertz CT molecular complexity index is 757. The van der Waals surface area contributed by atoms with Crippen LogP contribution >= 0.6 is 0 Å². The molecular formula is C22H32N2O4. The minimum absolute atomic E-state index is 0.0301. The molecule has 1 aromatic carbocycles. The number of hydrogen-bond acceptors (Lipinski definition) is 4. The minimum atomic E-state index is -0.942. The molecule has 1 aliphatic carbocycles. The van der Waals surface area contributed by atoms with E-state index in [-0.39, 0.29) is 25.0 Å². The second kappa shape index (κ2) is 8.11. The predicted octanol–water partition coefficient (Wildman–Crippen LogP) is 3.24. The van der Waals surface area contributed by atoms with Crippen LogP contribution in [0.25, 0.3) is 0 Å². The molecule has 0 spiro atoms. The summed E-state index contributed by atoms with van der Waals surface area (Å²) in [6.07, 6.45) is 4.33. The molecule has 2 N–H and O–H groups in total. The van der Waals surface area contributed by atoms with Crippen molar-refractivity contribution in [3.05, 3.63) is 28.8 Å². The summed E-state index contributed by atoms with van der Waals surface area (Å²) in [6, 6.07) is 3.60. The largest absolute Gasteiger partial charge is 0.490 e. The van der Waals surface area contributed by atoms with Crippen LogP contribution in [0.3, 0.4) is 0 Å². The molecule has 2 fully saturated rings. The molecule has 3 rings (SSSR count). The Balaban J connectivity index is 1.62. The molecule has 1 aromatic rings. The van der Waals surface area contributed by atoms with E-state index in [1.165, 1.54) is 6.42 Å². The van der Waals surface area contributed by atoms with E-state index in [1.807, 2.05) is 39.8 Å². The van der Waals surface area contributed by atoms with Gasteiger partial charge in [0.1, 0.15) is 24.0 Å². The molecule has 2 aliphatic rings. The summed E-state index contributed by atoms with van der Waals surface area (Å²) < 4.78 is 5.84. The van der Waals surface area contributed by atoms with Crippen LogP contribution in [-0.4, -0.2) is 46.7 Å². The summed E-state index contributed by atoms with van der Waals surface area (Å²) in [5.74, 6) is 0.684. The maximum Gasteiger partial charge on any atom is 0.325 e. The SMILES string of the molecule is Cc1ccc(C)c(OCC(O)CN2C(=O)NC(C)(C3CCCCC3)C2=O)c1C. The fourth-order valence-corrected chi connectivity index (χ4v) is 4.43. The fraction of sp³-hybridized carbons (Fsp3) is 0.636. The van der Waals surface area contributed by atoms with Crippen molar-refractivity contribution in [3.8, 4) is 5.75 Å². The average Bonchev–Trinajstić information content (AvgIpc) is 2.89. The van der Waals surface area contributed by atoms with Crippen molar-refractivity contribution >= 4 is 11.9 Å². The molecule has 6 heteroatoms. The van der Waals surface area contributed by atoms with E-state index in [0.717, 1.165) is 53.0 Å². The topological polar surface area (TPSA) is 78.9 Å². The molecule has 0 bridgehead atoms. The molecule has 3 amide bonds. The monoisotopic (exact) mass is 388 g/mol. The number of amides is 3. The highest BCUT2D eigenvalue weighted by Crippen LogP contribution is 2.36. The molecule has 0 radical (unpaired) electrons. The zero-order chi connectivity index (χ0) is 20.5. The van der Waals surface area contributed by atoms with Crippen molar-refractivity contribution < 1.29 is 19.4 Å². The molecule has 1 saturated heterocycles. The van der Waals surface area contributed by atoms with Gasteiger partial charge >= 0.3 is 6.03 Å². The zero-order valence-electron chi connectivity index (χ0n) is 17.4. The lowest BCUT2D eigenvalue weighted by molar-refractivity contribution is -0.134. The molecule has 0 aromatic heterocycles. The van der Waals surface area contributed by atoms with Crippen molar-refractivity contribution in [2.24, 2.45) is 5.92 Å². The summed E-state index contributed by atoms with van der Waals surface area (Å²) in [6.45, 7) is 7.75. The molecule has 1 heterocycles. The van der Waals surface area contributed by atoms with Crippen LogP contribution in [0.1, 0.15) is 55.7 Å². The second-order valence-electron chi connectivity index (χ2n) is 8.50. The number of β-amino-alcohol motifs (C(OH)–C–C–N with tert-alkyl or cyclic N) is 1. The van der Waals surface area contributed by atoms with Crippen LogP contribution in [0.4, 0.5) is 4.79 Å². The normalized spacial score (nSPS) is 24.4. The van der Waals surface area contributed by atoms with Crippen LogP contribution in [-0.2, 0) is 4.79 Å². The second-order valence-corrected chi connectivity index (χ2v) is 8.50. The van der Waals surface area contributed by atoms with Gasteiger partial charge in [0.2, 0.25) is 0 Å². The van der Waals surface area contributed by atoms with Gasteiger partial charge in [0.25, 0.3) is 5.91 Å². The molecule has 2 unspecified atom stereocenters. The molecule has 6 nitrogen and oxygen atoms in total. The number of aryl methyl sites for hydroxylation is 2. The fourth-order valence-electron chi connectivity index (χ4n) is 4.43.